The van der Waals surface area contributed by atoms with Crippen molar-refractivity contribution in [2.75, 3.05) is 6.61 Å². The van der Waals surface area contributed by atoms with E-state index < -0.39 is 0 Å². The minimum atomic E-state index is -0.146. The van der Waals surface area contributed by atoms with E-state index in [-0.39, 0.29) is 23.5 Å². The number of aromatic hydroxyl groups is 2. The number of hydrogen-bond donors (Lipinski definition) is 2. The molecule has 2 aromatic rings. The van der Waals surface area contributed by atoms with E-state index in [1.807, 2.05) is 6.07 Å². The highest BCUT2D eigenvalue weighted by molar-refractivity contribution is 9.10. The molecule has 20 heavy (non-hydrogen) atoms. The maximum Gasteiger partial charge on any atom is 0.138 e. The first-order valence-corrected chi connectivity index (χ1v) is 7.07. The Hall–Kier alpha value is -1.88. The van der Waals surface area contributed by atoms with Gasteiger partial charge in [-0.1, -0.05) is 0 Å². The smallest absolute Gasteiger partial charge is 0.138 e. The minimum Gasteiger partial charge on any atom is -0.508 e. The summed E-state index contributed by atoms with van der Waals surface area (Å²) in [5, 5.41) is 19.3. The molecule has 0 bridgehead atoms. The largest absolute Gasteiger partial charge is 0.508 e. The van der Waals surface area contributed by atoms with Gasteiger partial charge in [0.25, 0.3) is 0 Å². The fourth-order valence-corrected chi connectivity index (χ4v) is 3.45. The third-order valence-electron chi connectivity index (χ3n) is 3.79. The predicted molar refractivity (Wildman–Crippen MR) is 75.5 cm³/mol. The second-order valence-corrected chi connectivity index (χ2v) is 5.88. The molecule has 4 nitrogen and oxygen atoms in total. The quantitative estimate of drug-likeness (QED) is 0.774. The van der Waals surface area contributed by atoms with Gasteiger partial charge in [-0.15, -0.1) is 0 Å². The van der Waals surface area contributed by atoms with E-state index in [2.05, 4.69) is 15.9 Å². The molecule has 2 atom stereocenters. The van der Waals surface area contributed by atoms with Crippen LogP contribution in [0.5, 0.6) is 23.0 Å². The Bertz CT molecular complexity index is 713. The van der Waals surface area contributed by atoms with Gasteiger partial charge in [0.2, 0.25) is 0 Å². The fraction of sp³-hybridized carbons (Fsp3) is 0.200. The summed E-state index contributed by atoms with van der Waals surface area (Å²) in [6.07, 6.45) is -0.146. The third-order valence-corrected chi connectivity index (χ3v) is 4.38. The topological polar surface area (TPSA) is 58.9 Å². The van der Waals surface area contributed by atoms with Gasteiger partial charge < -0.3 is 19.7 Å². The number of phenols is 2. The molecule has 0 aromatic heterocycles. The van der Waals surface area contributed by atoms with Crippen molar-refractivity contribution in [1.82, 2.24) is 0 Å². The van der Waals surface area contributed by atoms with Crippen molar-refractivity contribution in [3.63, 3.8) is 0 Å². The molecule has 2 aromatic carbocycles. The first kappa shape index (κ1) is 11.9. The van der Waals surface area contributed by atoms with E-state index in [9.17, 15) is 10.2 Å². The van der Waals surface area contributed by atoms with Crippen molar-refractivity contribution in [3.8, 4) is 23.0 Å². The number of ether oxygens (including phenoxy) is 2. The number of rotatable bonds is 0. The predicted octanol–water partition coefficient (Wildman–Crippen LogP) is 3.47. The van der Waals surface area contributed by atoms with Crippen molar-refractivity contribution in [2.45, 2.75) is 12.0 Å². The Morgan fingerprint density at radius 2 is 1.90 bits per heavy atom. The van der Waals surface area contributed by atoms with Crippen LogP contribution in [0.3, 0.4) is 0 Å². The van der Waals surface area contributed by atoms with Gasteiger partial charge in [-0.2, -0.15) is 0 Å². The van der Waals surface area contributed by atoms with Crippen LogP contribution in [-0.4, -0.2) is 16.8 Å². The third kappa shape index (κ3) is 1.59. The van der Waals surface area contributed by atoms with Crippen LogP contribution < -0.4 is 9.47 Å². The highest BCUT2D eigenvalue weighted by Crippen LogP contribution is 2.54. The Morgan fingerprint density at radius 1 is 1.05 bits per heavy atom. The summed E-state index contributed by atoms with van der Waals surface area (Å²) >= 11 is 3.42. The van der Waals surface area contributed by atoms with Crippen molar-refractivity contribution >= 4 is 15.9 Å². The summed E-state index contributed by atoms with van der Waals surface area (Å²) in [6, 6.07) is 8.39. The summed E-state index contributed by atoms with van der Waals surface area (Å²) in [6.45, 7) is 0.462. The standard InChI is InChI=1S/C15H11BrO4/c16-12-4-8(18)3-10-11-6-19-13-5-7(17)1-2-9(13)14(11)20-15(10)12/h1-5,11,14,17-18H,6H2/t11-,14-/m1/s1. The second-order valence-electron chi connectivity index (χ2n) is 5.02. The first-order valence-electron chi connectivity index (χ1n) is 6.28. The van der Waals surface area contributed by atoms with Gasteiger partial charge in [-0.3, -0.25) is 0 Å². The van der Waals surface area contributed by atoms with Crippen LogP contribution in [0.25, 0.3) is 0 Å². The van der Waals surface area contributed by atoms with Crippen molar-refractivity contribution < 1.29 is 19.7 Å². The zero-order chi connectivity index (χ0) is 13.9. The summed E-state index contributed by atoms with van der Waals surface area (Å²) in [5.74, 6) is 1.83. The number of fused-ring (bicyclic) bond motifs is 5. The van der Waals surface area contributed by atoms with Crippen LogP contribution in [0.4, 0.5) is 0 Å². The van der Waals surface area contributed by atoms with Gasteiger partial charge in [0.15, 0.2) is 0 Å². The zero-order valence-electron chi connectivity index (χ0n) is 10.3. The SMILES string of the molecule is Oc1ccc2c(c1)OC[C@@H]1c3cc(O)cc(Br)c3O[C@H]21. The molecule has 0 unspecified atom stereocenters. The Kier molecular flexibility index (Phi) is 2.41. The summed E-state index contributed by atoms with van der Waals surface area (Å²) in [7, 11) is 0. The van der Waals surface area contributed by atoms with Crippen LogP contribution in [0.2, 0.25) is 0 Å². The molecular weight excluding hydrogens is 324 g/mol. The van der Waals surface area contributed by atoms with Crippen molar-refractivity contribution in [3.05, 3.63) is 45.9 Å². The van der Waals surface area contributed by atoms with Crippen LogP contribution in [-0.2, 0) is 0 Å². The van der Waals surface area contributed by atoms with E-state index in [4.69, 9.17) is 9.47 Å². The van der Waals surface area contributed by atoms with Crippen LogP contribution >= 0.6 is 15.9 Å². The lowest BCUT2D eigenvalue weighted by Gasteiger charge is -2.27. The van der Waals surface area contributed by atoms with E-state index >= 15 is 0 Å². The second kappa shape index (κ2) is 4.06. The number of phenolic OH excluding ortho intramolecular Hbond substituents is 2. The molecule has 0 saturated carbocycles. The average Bonchev–Trinajstić information content (AvgIpc) is 2.77. The fourth-order valence-electron chi connectivity index (χ4n) is 2.89. The molecule has 0 radical (unpaired) electrons. The lowest BCUT2D eigenvalue weighted by atomic mass is 9.89. The minimum absolute atomic E-state index is 0.0467. The van der Waals surface area contributed by atoms with E-state index in [0.717, 1.165) is 21.3 Å². The van der Waals surface area contributed by atoms with Crippen molar-refractivity contribution in [2.24, 2.45) is 0 Å². The van der Waals surface area contributed by atoms with Gasteiger partial charge in [0.1, 0.15) is 29.1 Å². The van der Waals surface area contributed by atoms with Crippen LogP contribution in [0.1, 0.15) is 23.1 Å². The van der Waals surface area contributed by atoms with Gasteiger partial charge in [0.05, 0.1) is 17.0 Å². The van der Waals surface area contributed by atoms with Crippen molar-refractivity contribution in [1.29, 1.82) is 0 Å². The number of benzene rings is 2. The average molecular weight is 335 g/mol. The molecule has 0 fully saturated rings. The Labute approximate surface area is 123 Å². The summed E-state index contributed by atoms with van der Waals surface area (Å²) < 4.78 is 12.5. The lowest BCUT2D eigenvalue weighted by Crippen LogP contribution is -2.22. The van der Waals surface area contributed by atoms with Gasteiger partial charge >= 0.3 is 0 Å². The Morgan fingerprint density at radius 3 is 2.75 bits per heavy atom. The number of hydrogen-bond acceptors (Lipinski definition) is 4. The summed E-state index contributed by atoms with van der Waals surface area (Å²) in [5.41, 5.74) is 1.86. The van der Waals surface area contributed by atoms with E-state index in [1.54, 1.807) is 24.3 Å². The Balaban J connectivity index is 1.84. The molecule has 0 aliphatic carbocycles. The van der Waals surface area contributed by atoms with Gasteiger partial charge in [0, 0.05) is 17.2 Å². The maximum absolute atomic E-state index is 9.74. The van der Waals surface area contributed by atoms with E-state index in [0.29, 0.717) is 12.4 Å². The molecule has 0 saturated heterocycles. The van der Waals surface area contributed by atoms with Gasteiger partial charge in [-0.05, 0) is 40.2 Å². The zero-order valence-corrected chi connectivity index (χ0v) is 11.9. The van der Waals surface area contributed by atoms with Crippen LogP contribution in [0.15, 0.2) is 34.8 Å². The highest BCUT2D eigenvalue weighted by Gasteiger charge is 2.41. The molecule has 102 valence electrons. The maximum atomic E-state index is 9.74. The molecule has 2 heterocycles. The molecule has 2 aliphatic heterocycles. The van der Waals surface area contributed by atoms with E-state index in [1.165, 1.54) is 0 Å². The highest BCUT2D eigenvalue weighted by atomic mass is 79.9. The lowest BCUT2D eigenvalue weighted by molar-refractivity contribution is 0.139. The molecular formula is C15H11BrO4. The molecule has 0 spiro atoms. The molecule has 2 aliphatic rings. The molecule has 2 N–H and O–H groups in total. The van der Waals surface area contributed by atoms with Crippen LogP contribution in [0, 0.1) is 0 Å². The molecule has 5 heteroatoms. The summed E-state index contributed by atoms with van der Waals surface area (Å²) in [4.78, 5) is 0. The van der Waals surface area contributed by atoms with Gasteiger partial charge in [-0.25, -0.2) is 0 Å². The monoisotopic (exact) mass is 334 g/mol. The first-order chi connectivity index (χ1) is 9.63. The molecule has 4 rings (SSSR count). The number of halogens is 1. The normalized spacial score (nSPS) is 22.2. The molecule has 0 amide bonds.